The Labute approximate surface area is 118 Å². The second-order valence-electron chi connectivity index (χ2n) is 4.60. The lowest BCUT2D eigenvalue weighted by atomic mass is 10.1. The van der Waals surface area contributed by atoms with Gasteiger partial charge in [0.1, 0.15) is 5.01 Å². The normalized spacial score (nSPS) is 10.8. The highest BCUT2D eigenvalue weighted by Crippen LogP contribution is 2.13. The van der Waals surface area contributed by atoms with E-state index in [-0.39, 0.29) is 0 Å². The highest BCUT2D eigenvalue weighted by atomic mass is 32.1. The van der Waals surface area contributed by atoms with Crippen LogP contribution in [0.15, 0.2) is 30.5 Å². The summed E-state index contributed by atoms with van der Waals surface area (Å²) in [6, 6.07) is 8.12. The molecule has 102 valence electrons. The van der Waals surface area contributed by atoms with Crippen molar-refractivity contribution >= 4 is 17.0 Å². The third-order valence-corrected chi connectivity index (χ3v) is 4.14. The number of rotatable bonds is 7. The second kappa shape index (κ2) is 7.26. The second-order valence-corrected chi connectivity index (χ2v) is 5.80. The standard InChI is InChI=1S/C15H21N3S/c1-2-14-10-18-15(19-14)11-17-8-4-6-12-5-3-7-13(16)9-12/h3,5,7,9-10,17H,2,4,6,8,11,16H2,1H3. The van der Waals surface area contributed by atoms with Crippen LogP contribution in [0.5, 0.6) is 0 Å². The number of nitrogens with one attached hydrogen (secondary N) is 1. The molecule has 2 aromatic rings. The van der Waals surface area contributed by atoms with Gasteiger partial charge in [0.05, 0.1) is 0 Å². The fourth-order valence-corrected chi connectivity index (χ4v) is 2.79. The van der Waals surface area contributed by atoms with Gasteiger partial charge in [0.25, 0.3) is 0 Å². The lowest BCUT2D eigenvalue weighted by molar-refractivity contribution is 0.647. The van der Waals surface area contributed by atoms with E-state index in [0.717, 1.165) is 38.0 Å². The van der Waals surface area contributed by atoms with Crippen molar-refractivity contribution in [3.05, 3.63) is 45.9 Å². The molecule has 0 aliphatic carbocycles. The molecule has 19 heavy (non-hydrogen) atoms. The number of nitrogens with two attached hydrogens (primary N) is 1. The third kappa shape index (κ3) is 4.65. The third-order valence-electron chi connectivity index (χ3n) is 3.00. The molecule has 1 aromatic heterocycles. The molecule has 0 aliphatic rings. The Morgan fingerprint density at radius 2 is 2.26 bits per heavy atom. The van der Waals surface area contributed by atoms with Crippen LogP contribution in [0, 0.1) is 0 Å². The first-order valence-electron chi connectivity index (χ1n) is 6.76. The molecule has 0 saturated heterocycles. The maximum Gasteiger partial charge on any atom is 0.107 e. The van der Waals surface area contributed by atoms with Crippen molar-refractivity contribution in [2.45, 2.75) is 32.7 Å². The molecular weight excluding hydrogens is 254 g/mol. The number of anilines is 1. The summed E-state index contributed by atoms with van der Waals surface area (Å²) in [5, 5.41) is 4.62. The minimum Gasteiger partial charge on any atom is -0.399 e. The Balaban J connectivity index is 1.64. The fourth-order valence-electron chi connectivity index (χ4n) is 1.95. The van der Waals surface area contributed by atoms with Gasteiger partial charge in [-0.15, -0.1) is 11.3 Å². The minimum absolute atomic E-state index is 0.848. The molecule has 0 spiro atoms. The van der Waals surface area contributed by atoms with E-state index in [0.29, 0.717) is 0 Å². The molecule has 0 unspecified atom stereocenters. The van der Waals surface area contributed by atoms with Crippen LogP contribution < -0.4 is 11.1 Å². The summed E-state index contributed by atoms with van der Waals surface area (Å²) in [6.45, 7) is 4.05. The van der Waals surface area contributed by atoms with Gasteiger partial charge in [0.15, 0.2) is 0 Å². The zero-order chi connectivity index (χ0) is 13.5. The molecule has 1 aromatic carbocycles. The molecule has 1 heterocycles. The van der Waals surface area contributed by atoms with E-state index in [1.165, 1.54) is 15.4 Å². The molecule has 2 rings (SSSR count). The number of thiazole rings is 1. The Bertz CT molecular complexity index is 508. The summed E-state index contributed by atoms with van der Waals surface area (Å²) in [7, 11) is 0. The molecule has 0 bridgehead atoms. The maximum absolute atomic E-state index is 5.76. The number of nitrogen functional groups attached to an aromatic ring is 1. The molecule has 0 atom stereocenters. The van der Waals surface area contributed by atoms with Crippen molar-refractivity contribution < 1.29 is 0 Å². The van der Waals surface area contributed by atoms with Crippen molar-refractivity contribution in [3.8, 4) is 0 Å². The highest BCUT2D eigenvalue weighted by Gasteiger charge is 2.00. The molecule has 3 N–H and O–H groups in total. The zero-order valence-electron chi connectivity index (χ0n) is 11.4. The molecule has 0 amide bonds. The number of benzene rings is 1. The molecule has 0 saturated carbocycles. The van der Waals surface area contributed by atoms with Gasteiger partial charge in [-0.2, -0.15) is 0 Å². The maximum atomic E-state index is 5.76. The van der Waals surface area contributed by atoms with Crippen molar-refractivity contribution in [3.63, 3.8) is 0 Å². The summed E-state index contributed by atoms with van der Waals surface area (Å²) in [5.74, 6) is 0. The lowest BCUT2D eigenvalue weighted by Crippen LogP contribution is -2.15. The van der Waals surface area contributed by atoms with E-state index in [1.54, 1.807) is 11.3 Å². The first-order chi connectivity index (χ1) is 9.28. The van der Waals surface area contributed by atoms with Crippen molar-refractivity contribution in [1.29, 1.82) is 0 Å². The minimum atomic E-state index is 0.848. The van der Waals surface area contributed by atoms with Gasteiger partial charge in [0, 0.05) is 23.3 Å². The summed E-state index contributed by atoms with van der Waals surface area (Å²) >= 11 is 1.80. The summed E-state index contributed by atoms with van der Waals surface area (Å²) < 4.78 is 0. The SMILES string of the molecule is CCc1cnc(CNCCCc2cccc(N)c2)s1. The quantitative estimate of drug-likeness (QED) is 0.603. The van der Waals surface area contributed by atoms with E-state index in [4.69, 9.17) is 5.73 Å². The van der Waals surface area contributed by atoms with Crippen LogP contribution in [-0.4, -0.2) is 11.5 Å². The first-order valence-corrected chi connectivity index (χ1v) is 7.58. The van der Waals surface area contributed by atoms with Crippen LogP contribution in [0.2, 0.25) is 0 Å². The number of hydrogen-bond donors (Lipinski definition) is 2. The Morgan fingerprint density at radius 1 is 1.37 bits per heavy atom. The smallest absolute Gasteiger partial charge is 0.107 e. The molecular formula is C15H21N3S. The number of nitrogens with zero attached hydrogens (tertiary/aromatic N) is 1. The number of hydrogen-bond acceptors (Lipinski definition) is 4. The van der Waals surface area contributed by atoms with E-state index < -0.39 is 0 Å². The van der Waals surface area contributed by atoms with Gasteiger partial charge in [-0.25, -0.2) is 4.98 Å². The van der Waals surface area contributed by atoms with Crippen LogP contribution in [0.25, 0.3) is 0 Å². The van der Waals surface area contributed by atoms with Crippen molar-refractivity contribution in [2.24, 2.45) is 0 Å². The number of aromatic nitrogens is 1. The summed E-state index contributed by atoms with van der Waals surface area (Å²) in [6.07, 6.45) is 5.24. The van der Waals surface area contributed by atoms with E-state index >= 15 is 0 Å². The molecule has 0 radical (unpaired) electrons. The molecule has 4 heteroatoms. The van der Waals surface area contributed by atoms with Gasteiger partial charge in [-0.05, 0) is 43.5 Å². The average Bonchev–Trinajstić information content (AvgIpc) is 2.86. The highest BCUT2D eigenvalue weighted by molar-refractivity contribution is 7.11. The van der Waals surface area contributed by atoms with Crippen molar-refractivity contribution in [1.82, 2.24) is 10.3 Å². The number of aryl methyl sites for hydroxylation is 2. The first kappa shape index (κ1) is 14.0. The summed E-state index contributed by atoms with van der Waals surface area (Å²) in [4.78, 5) is 5.75. The lowest BCUT2D eigenvalue weighted by Gasteiger charge is -2.04. The van der Waals surface area contributed by atoms with Gasteiger partial charge >= 0.3 is 0 Å². The Hall–Kier alpha value is -1.39. The van der Waals surface area contributed by atoms with Crippen LogP contribution >= 0.6 is 11.3 Å². The van der Waals surface area contributed by atoms with Crippen molar-refractivity contribution in [2.75, 3.05) is 12.3 Å². The van der Waals surface area contributed by atoms with E-state index in [2.05, 4.69) is 23.3 Å². The zero-order valence-corrected chi connectivity index (χ0v) is 12.2. The van der Waals surface area contributed by atoms with Gasteiger partial charge < -0.3 is 11.1 Å². The largest absolute Gasteiger partial charge is 0.399 e. The monoisotopic (exact) mass is 275 g/mol. The van der Waals surface area contributed by atoms with Gasteiger partial charge in [0.2, 0.25) is 0 Å². The van der Waals surface area contributed by atoms with Crippen LogP contribution in [0.3, 0.4) is 0 Å². The van der Waals surface area contributed by atoms with Crippen LogP contribution in [0.4, 0.5) is 5.69 Å². The Kier molecular flexibility index (Phi) is 5.36. The van der Waals surface area contributed by atoms with Crippen LogP contribution in [-0.2, 0) is 19.4 Å². The summed E-state index contributed by atoms with van der Waals surface area (Å²) in [5.41, 5.74) is 7.92. The molecule has 0 aliphatic heterocycles. The Morgan fingerprint density at radius 3 is 3.00 bits per heavy atom. The topological polar surface area (TPSA) is 50.9 Å². The average molecular weight is 275 g/mol. The predicted octanol–water partition coefficient (Wildman–Crippen LogP) is 3.01. The van der Waals surface area contributed by atoms with Crippen LogP contribution in [0.1, 0.15) is 28.8 Å². The van der Waals surface area contributed by atoms with E-state index in [9.17, 15) is 0 Å². The predicted molar refractivity (Wildman–Crippen MR) is 82.4 cm³/mol. The van der Waals surface area contributed by atoms with Gasteiger partial charge in [-0.1, -0.05) is 19.1 Å². The fraction of sp³-hybridized carbons (Fsp3) is 0.400. The molecule has 3 nitrogen and oxygen atoms in total. The van der Waals surface area contributed by atoms with Gasteiger partial charge in [-0.3, -0.25) is 0 Å². The molecule has 0 fully saturated rings. The van der Waals surface area contributed by atoms with E-state index in [1.807, 2.05) is 24.4 Å².